The summed E-state index contributed by atoms with van der Waals surface area (Å²) in [6.07, 6.45) is 0. The molecule has 124 valence electrons. The average molecular weight is 358 g/mol. The molecule has 0 fully saturated rings. The molecule has 7 heteroatoms. The van der Waals surface area contributed by atoms with Crippen molar-refractivity contribution in [2.45, 2.75) is 18.7 Å². The Hall–Kier alpha value is -1.63. The van der Waals surface area contributed by atoms with Crippen LogP contribution >= 0.6 is 11.6 Å². The van der Waals surface area contributed by atoms with Gasteiger partial charge in [0, 0.05) is 11.6 Å². The van der Waals surface area contributed by atoms with Gasteiger partial charge in [-0.05, 0) is 61.4 Å². The van der Waals surface area contributed by atoms with Crippen LogP contribution in [0, 0.1) is 19.7 Å². The Kier molecular flexibility index (Phi) is 5.62. The molecule has 2 rings (SSSR count). The van der Waals surface area contributed by atoms with Crippen molar-refractivity contribution in [2.24, 2.45) is 0 Å². The summed E-state index contributed by atoms with van der Waals surface area (Å²) in [5, 5.41) is 0.613. The van der Waals surface area contributed by atoms with Crippen LogP contribution in [0.15, 0.2) is 41.3 Å². The fourth-order valence-electron chi connectivity index (χ4n) is 1.98. The zero-order valence-corrected chi connectivity index (χ0v) is 14.3. The van der Waals surface area contributed by atoms with Gasteiger partial charge in [-0.1, -0.05) is 11.6 Å². The number of hydrogen-bond donors (Lipinski definition) is 1. The molecule has 0 bridgehead atoms. The first-order valence-corrected chi connectivity index (χ1v) is 8.80. The summed E-state index contributed by atoms with van der Waals surface area (Å²) in [7, 11) is -3.69. The number of sulfonamides is 1. The van der Waals surface area contributed by atoms with Crippen molar-refractivity contribution in [1.29, 1.82) is 0 Å². The highest BCUT2D eigenvalue weighted by Gasteiger charge is 2.14. The van der Waals surface area contributed by atoms with Crippen LogP contribution < -0.4 is 9.46 Å². The molecular formula is C16H17ClFNO3S. The fourth-order valence-corrected chi connectivity index (χ4v) is 3.30. The molecule has 23 heavy (non-hydrogen) atoms. The molecule has 0 saturated heterocycles. The van der Waals surface area contributed by atoms with Gasteiger partial charge in [0.25, 0.3) is 0 Å². The second kappa shape index (κ2) is 7.29. The molecule has 0 aliphatic carbocycles. The highest BCUT2D eigenvalue weighted by Crippen LogP contribution is 2.21. The van der Waals surface area contributed by atoms with Gasteiger partial charge < -0.3 is 4.74 Å². The maximum absolute atomic E-state index is 13.2. The molecule has 0 saturated carbocycles. The lowest BCUT2D eigenvalue weighted by molar-refractivity contribution is 0.320. The van der Waals surface area contributed by atoms with E-state index < -0.39 is 15.8 Å². The van der Waals surface area contributed by atoms with Gasteiger partial charge in [0.1, 0.15) is 18.2 Å². The molecular weight excluding hydrogens is 341 g/mol. The van der Waals surface area contributed by atoms with E-state index in [0.717, 1.165) is 11.6 Å². The second-order valence-electron chi connectivity index (χ2n) is 5.07. The van der Waals surface area contributed by atoms with E-state index in [1.807, 2.05) is 6.92 Å². The quantitative estimate of drug-likeness (QED) is 0.805. The van der Waals surface area contributed by atoms with Crippen LogP contribution in [0.2, 0.25) is 5.02 Å². The Bertz CT molecular complexity index is 809. The minimum Gasteiger partial charge on any atom is -0.492 e. The Morgan fingerprint density at radius 1 is 1.13 bits per heavy atom. The summed E-state index contributed by atoms with van der Waals surface area (Å²) in [5.74, 6) is 0.205. The average Bonchev–Trinajstić information content (AvgIpc) is 2.48. The number of rotatable bonds is 6. The molecule has 2 aromatic carbocycles. The van der Waals surface area contributed by atoms with Gasteiger partial charge in [0.05, 0.1) is 4.90 Å². The molecule has 4 nitrogen and oxygen atoms in total. The molecule has 0 radical (unpaired) electrons. The first-order valence-electron chi connectivity index (χ1n) is 6.94. The van der Waals surface area contributed by atoms with Crippen LogP contribution in [0.25, 0.3) is 0 Å². The van der Waals surface area contributed by atoms with Crippen molar-refractivity contribution in [2.75, 3.05) is 13.2 Å². The Morgan fingerprint density at radius 2 is 1.87 bits per heavy atom. The summed E-state index contributed by atoms with van der Waals surface area (Å²) in [6, 6.07) is 8.86. The zero-order valence-electron chi connectivity index (χ0n) is 12.8. The van der Waals surface area contributed by atoms with Crippen LogP contribution in [0.5, 0.6) is 5.75 Å². The summed E-state index contributed by atoms with van der Waals surface area (Å²) in [4.78, 5) is 0.0269. The number of ether oxygens (including phenoxy) is 1. The molecule has 2 aromatic rings. The van der Waals surface area contributed by atoms with E-state index in [4.69, 9.17) is 16.3 Å². The van der Waals surface area contributed by atoms with Gasteiger partial charge in [0.15, 0.2) is 0 Å². The van der Waals surface area contributed by atoms with E-state index >= 15 is 0 Å². The van der Waals surface area contributed by atoms with Gasteiger partial charge in [-0.25, -0.2) is 17.5 Å². The van der Waals surface area contributed by atoms with Crippen LogP contribution in [-0.2, 0) is 10.0 Å². The highest BCUT2D eigenvalue weighted by molar-refractivity contribution is 7.89. The summed E-state index contributed by atoms with van der Waals surface area (Å²) in [6.45, 7) is 3.64. The summed E-state index contributed by atoms with van der Waals surface area (Å²) < 4.78 is 45.4. The second-order valence-corrected chi connectivity index (χ2v) is 7.27. The maximum atomic E-state index is 13.2. The lowest BCUT2D eigenvalue weighted by Crippen LogP contribution is -2.28. The SMILES string of the molecule is Cc1cc(S(=O)(=O)NCCOc2ccc(Cl)cc2C)ccc1F. The lowest BCUT2D eigenvalue weighted by Gasteiger charge is -2.11. The Morgan fingerprint density at radius 3 is 2.52 bits per heavy atom. The largest absolute Gasteiger partial charge is 0.492 e. The Labute approximate surface area is 140 Å². The van der Waals surface area contributed by atoms with Crippen LogP contribution in [-0.4, -0.2) is 21.6 Å². The number of benzene rings is 2. The Balaban J connectivity index is 1.93. The molecule has 0 spiro atoms. The predicted octanol–water partition coefficient (Wildman–Crippen LogP) is 3.45. The molecule has 0 amide bonds. The number of hydrogen-bond acceptors (Lipinski definition) is 3. The van der Waals surface area contributed by atoms with Gasteiger partial charge in [-0.2, -0.15) is 0 Å². The topological polar surface area (TPSA) is 55.4 Å². The van der Waals surface area contributed by atoms with Crippen LogP contribution in [0.3, 0.4) is 0 Å². The third-order valence-electron chi connectivity index (χ3n) is 3.23. The minimum absolute atomic E-state index is 0.0269. The minimum atomic E-state index is -3.69. The van der Waals surface area contributed by atoms with Gasteiger partial charge in [-0.3, -0.25) is 0 Å². The van der Waals surface area contributed by atoms with Crippen LogP contribution in [0.1, 0.15) is 11.1 Å². The molecule has 0 atom stereocenters. The van der Waals surface area contributed by atoms with Crippen molar-refractivity contribution < 1.29 is 17.5 Å². The van der Waals surface area contributed by atoms with Gasteiger partial charge in [-0.15, -0.1) is 0 Å². The van der Waals surface area contributed by atoms with E-state index in [0.29, 0.717) is 10.8 Å². The third kappa shape index (κ3) is 4.67. The zero-order chi connectivity index (χ0) is 17.0. The van der Waals surface area contributed by atoms with Crippen molar-refractivity contribution in [3.8, 4) is 5.75 Å². The van der Waals surface area contributed by atoms with Gasteiger partial charge in [0.2, 0.25) is 10.0 Å². The van der Waals surface area contributed by atoms with E-state index in [1.165, 1.54) is 19.1 Å². The van der Waals surface area contributed by atoms with E-state index in [2.05, 4.69) is 4.72 Å². The fraction of sp³-hybridized carbons (Fsp3) is 0.250. The third-order valence-corrected chi connectivity index (χ3v) is 4.92. The van der Waals surface area contributed by atoms with Gasteiger partial charge >= 0.3 is 0 Å². The number of nitrogens with one attached hydrogen (secondary N) is 1. The molecule has 1 N–H and O–H groups in total. The number of aryl methyl sites for hydroxylation is 2. The van der Waals surface area contributed by atoms with E-state index in [1.54, 1.807) is 18.2 Å². The molecule has 0 heterocycles. The van der Waals surface area contributed by atoms with Crippen molar-refractivity contribution in [3.05, 3.63) is 58.4 Å². The smallest absolute Gasteiger partial charge is 0.240 e. The molecule has 0 unspecified atom stereocenters. The van der Waals surface area contributed by atoms with Crippen LogP contribution in [0.4, 0.5) is 4.39 Å². The van der Waals surface area contributed by atoms with Crippen molar-refractivity contribution >= 4 is 21.6 Å². The molecule has 0 aromatic heterocycles. The lowest BCUT2D eigenvalue weighted by atomic mass is 10.2. The summed E-state index contributed by atoms with van der Waals surface area (Å²) >= 11 is 5.86. The van der Waals surface area contributed by atoms with Crippen molar-refractivity contribution in [3.63, 3.8) is 0 Å². The maximum Gasteiger partial charge on any atom is 0.240 e. The highest BCUT2D eigenvalue weighted by atomic mass is 35.5. The number of halogens is 2. The summed E-state index contributed by atoms with van der Waals surface area (Å²) in [5.41, 5.74) is 1.15. The monoisotopic (exact) mass is 357 g/mol. The van der Waals surface area contributed by atoms with E-state index in [-0.39, 0.29) is 23.6 Å². The normalized spacial score (nSPS) is 11.5. The first kappa shape index (κ1) is 17.7. The standard InChI is InChI=1S/C16H17ClFNO3S/c1-11-10-14(4-5-15(11)18)23(20,21)19-7-8-22-16-6-3-13(17)9-12(16)2/h3-6,9-10,19H,7-8H2,1-2H3. The molecule has 0 aliphatic rings. The van der Waals surface area contributed by atoms with Crippen molar-refractivity contribution in [1.82, 2.24) is 4.72 Å². The van der Waals surface area contributed by atoms with E-state index in [9.17, 15) is 12.8 Å². The molecule has 0 aliphatic heterocycles. The first-order chi connectivity index (χ1) is 10.8. The predicted molar refractivity (Wildman–Crippen MR) is 88.0 cm³/mol.